The molecule has 0 saturated carbocycles. The van der Waals surface area contributed by atoms with E-state index in [2.05, 4.69) is 15.2 Å². The van der Waals surface area contributed by atoms with Crippen molar-refractivity contribution in [3.05, 3.63) is 42.5 Å². The quantitative estimate of drug-likeness (QED) is 0.916. The van der Waals surface area contributed by atoms with Crippen LogP contribution >= 0.6 is 0 Å². The molecule has 2 aromatic heterocycles. The third-order valence-electron chi connectivity index (χ3n) is 3.57. The van der Waals surface area contributed by atoms with Crippen LogP contribution in [-0.4, -0.2) is 37.2 Å². The largest absolute Gasteiger partial charge is 0.469 e. The van der Waals surface area contributed by atoms with Gasteiger partial charge in [0, 0.05) is 25.9 Å². The number of carbonyl (C=O) groups is 1. The van der Waals surface area contributed by atoms with Gasteiger partial charge < -0.3 is 19.4 Å². The molecule has 22 heavy (non-hydrogen) atoms. The second-order valence-corrected chi connectivity index (χ2v) is 5.13. The molecule has 0 unspecified atom stereocenters. The molecule has 0 radical (unpaired) electrons. The van der Waals surface area contributed by atoms with E-state index in [4.69, 9.17) is 9.15 Å². The molecule has 0 bridgehead atoms. The molecule has 3 heterocycles. The van der Waals surface area contributed by atoms with Crippen molar-refractivity contribution in [1.82, 2.24) is 4.98 Å². The van der Waals surface area contributed by atoms with Crippen LogP contribution in [0.5, 0.6) is 0 Å². The number of carbonyl (C=O) groups excluding carboxylic acids is 1. The number of aromatic nitrogens is 1. The molecule has 0 aromatic carbocycles. The van der Waals surface area contributed by atoms with E-state index in [1.54, 1.807) is 12.5 Å². The highest BCUT2D eigenvalue weighted by Gasteiger charge is 2.12. The molecule has 0 atom stereocenters. The van der Waals surface area contributed by atoms with Gasteiger partial charge >= 0.3 is 0 Å². The van der Waals surface area contributed by atoms with Crippen molar-refractivity contribution in [2.24, 2.45) is 0 Å². The number of morpholine rings is 1. The molecule has 1 aliphatic heterocycles. The van der Waals surface area contributed by atoms with E-state index < -0.39 is 0 Å². The second-order valence-electron chi connectivity index (χ2n) is 5.13. The zero-order valence-corrected chi connectivity index (χ0v) is 12.3. The van der Waals surface area contributed by atoms with Gasteiger partial charge in [-0.25, -0.2) is 4.98 Å². The maximum Gasteiger partial charge on any atom is 0.225 e. The molecule has 2 aromatic rings. The van der Waals surface area contributed by atoms with Gasteiger partial charge in [0.05, 0.1) is 31.4 Å². The van der Waals surface area contributed by atoms with E-state index >= 15 is 0 Å². The summed E-state index contributed by atoms with van der Waals surface area (Å²) in [4.78, 5) is 18.4. The Labute approximate surface area is 129 Å². The Bertz CT molecular complexity index is 590. The molecule has 1 aliphatic rings. The smallest absolute Gasteiger partial charge is 0.225 e. The molecular weight excluding hydrogens is 282 g/mol. The summed E-state index contributed by atoms with van der Waals surface area (Å²) in [6.45, 7) is 3.23. The summed E-state index contributed by atoms with van der Waals surface area (Å²) in [6, 6.07) is 7.48. The number of nitrogens with zero attached hydrogens (tertiary/aromatic N) is 2. The first-order valence-electron chi connectivity index (χ1n) is 7.42. The molecule has 6 nitrogen and oxygen atoms in total. The highest BCUT2D eigenvalue weighted by Crippen LogP contribution is 2.16. The molecule has 1 fully saturated rings. The number of nitrogens with one attached hydrogen (secondary N) is 1. The minimum atomic E-state index is -0.0666. The lowest BCUT2D eigenvalue weighted by atomic mass is 10.2. The minimum Gasteiger partial charge on any atom is -0.469 e. The van der Waals surface area contributed by atoms with E-state index in [-0.39, 0.29) is 5.91 Å². The standard InChI is InChI=1S/C16H19N3O3/c20-16(6-4-14-2-1-9-22-14)18-15-5-3-13(12-17-15)19-7-10-21-11-8-19/h1-3,5,9,12H,4,6-8,10-11H2,(H,17,18,20). The van der Waals surface area contributed by atoms with Crippen molar-refractivity contribution in [1.29, 1.82) is 0 Å². The third-order valence-corrected chi connectivity index (χ3v) is 3.57. The fourth-order valence-corrected chi connectivity index (χ4v) is 2.37. The average molecular weight is 301 g/mol. The minimum absolute atomic E-state index is 0.0666. The highest BCUT2D eigenvalue weighted by atomic mass is 16.5. The van der Waals surface area contributed by atoms with Crippen molar-refractivity contribution >= 4 is 17.4 Å². The zero-order chi connectivity index (χ0) is 15.2. The van der Waals surface area contributed by atoms with Gasteiger partial charge in [-0.3, -0.25) is 4.79 Å². The van der Waals surface area contributed by atoms with Crippen LogP contribution in [0.4, 0.5) is 11.5 Å². The number of amides is 1. The normalized spacial score (nSPS) is 14.8. The number of pyridine rings is 1. The monoisotopic (exact) mass is 301 g/mol. The van der Waals surface area contributed by atoms with Crippen molar-refractivity contribution in [2.45, 2.75) is 12.8 Å². The molecular formula is C16H19N3O3. The maximum absolute atomic E-state index is 11.9. The molecule has 0 spiro atoms. The van der Waals surface area contributed by atoms with Gasteiger partial charge in [-0.15, -0.1) is 0 Å². The summed E-state index contributed by atoms with van der Waals surface area (Å²) in [6.07, 6.45) is 4.36. The van der Waals surface area contributed by atoms with E-state index in [0.717, 1.165) is 37.8 Å². The Morgan fingerprint density at radius 1 is 1.27 bits per heavy atom. The Hall–Kier alpha value is -2.34. The van der Waals surface area contributed by atoms with Gasteiger partial charge in [-0.05, 0) is 24.3 Å². The first-order valence-corrected chi connectivity index (χ1v) is 7.42. The van der Waals surface area contributed by atoms with Crippen LogP contribution in [0.1, 0.15) is 12.2 Å². The fourth-order valence-electron chi connectivity index (χ4n) is 2.37. The zero-order valence-electron chi connectivity index (χ0n) is 12.3. The van der Waals surface area contributed by atoms with Crippen LogP contribution in [0.15, 0.2) is 41.1 Å². The van der Waals surface area contributed by atoms with Crippen LogP contribution in [-0.2, 0) is 16.0 Å². The van der Waals surface area contributed by atoms with Gasteiger partial charge in [0.2, 0.25) is 5.91 Å². The molecule has 1 N–H and O–H groups in total. The summed E-state index contributed by atoms with van der Waals surface area (Å²) >= 11 is 0. The average Bonchev–Trinajstić information content (AvgIpc) is 3.08. The first kappa shape index (κ1) is 14.6. The number of hydrogen-bond acceptors (Lipinski definition) is 5. The maximum atomic E-state index is 11.9. The van der Waals surface area contributed by atoms with Gasteiger partial charge in [0.1, 0.15) is 11.6 Å². The Kier molecular flexibility index (Phi) is 4.70. The van der Waals surface area contributed by atoms with Crippen molar-refractivity contribution in [3.8, 4) is 0 Å². The first-order chi connectivity index (χ1) is 10.8. The third kappa shape index (κ3) is 3.85. The lowest BCUT2D eigenvalue weighted by Crippen LogP contribution is -2.36. The van der Waals surface area contributed by atoms with Gasteiger partial charge in [0.15, 0.2) is 0 Å². The van der Waals surface area contributed by atoms with Gasteiger partial charge in [-0.2, -0.15) is 0 Å². The molecule has 1 amide bonds. The lowest BCUT2D eigenvalue weighted by Gasteiger charge is -2.28. The number of hydrogen-bond donors (Lipinski definition) is 1. The fraction of sp³-hybridized carbons (Fsp3) is 0.375. The Morgan fingerprint density at radius 2 is 2.14 bits per heavy atom. The Balaban J connectivity index is 1.50. The van der Waals surface area contributed by atoms with Gasteiger partial charge in [-0.1, -0.05) is 0 Å². The lowest BCUT2D eigenvalue weighted by molar-refractivity contribution is -0.116. The second kappa shape index (κ2) is 7.09. The number of ether oxygens (including phenoxy) is 1. The van der Waals surface area contributed by atoms with Crippen LogP contribution in [0.25, 0.3) is 0 Å². The summed E-state index contributed by atoms with van der Waals surface area (Å²) in [5.41, 5.74) is 1.05. The molecule has 116 valence electrons. The summed E-state index contributed by atoms with van der Waals surface area (Å²) in [7, 11) is 0. The predicted octanol–water partition coefficient (Wildman–Crippen LogP) is 2.08. The predicted molar refractivity (Wildman–Crippen MR) is 82.9 cm³/mol. The number of aryl methyl sites for hydroxylation is 1. The number of anilines is 2. The SMILES string of the molecule is O=C(CCc1ccco1)Nc1ccc(N2CCOCC2)cn1. The molecule has 1 saturated heterocycles. The molecule has 3 rings (SSSR count). The van der Waals surface area contributed by atoms with Crippen LogP contribution < -0.4 is 10.2 Å². The summed E-state index contributed by atoms with van der Waals surface area (Å²) < 4.78 is 10.5. The molecule has 0 aliphatic carbocycles. The van der Waals surface area contributed by atoms with Gasteiger partial charge in [0.25, 0.3) is 0 Å². The topological polar surface area (TPSA) is 67.6 Å². The number of furan rings is 1. The van der Waals surface area contributed by atoms with Crippen molar-refractivity contribution in [3.63, 3.8) is 0 Å². The number of rotatable bonds is 5. The van der Waals surface area contributed by atoms with Crippen molar-refractivity contribution < 1.29 is 13.9 Å². The van der Waals surface area contributed by atoms with Crippen LogP contribution in [0.2, 0.25) is 0 Å². The molecule has 6 heteroatoms. The van der Waals surface area contributed by atoms with E-state index in [1.807, 2.05) is 24.3 Å². The Morgan fingerprint density at radius 3 is 2.82 bits per heavy atom. The van der Waals surface area contributed by atoms with E-state index in [9.17, 15) is 4.79 Å². The summed E-state index contributed by atoms with van der Waals surface area (Å²) in [5, 5.41) is 2.80. The van der Waals surface area contributed by atoms with Crippen LogP contribution in [0, 0.1) is 0 Å². The van der Waals surface area contributed by atoms with Crippen LogP contribution in [0.3, 0.4) is 0 Å². The van der Waals surface area contributed by atoms with Crippen molar-refractivity contribution in [2.75, 3.05) is 36.5 Å². The highest BCUT2D eigenvalue weighted by molar-refractivity contribution is 5.89. The van der Waals surface area contributed by atoms with E-state index in [0.29, 0.717) is 18.7 Å². The summed E-state index contributed by atoms with van der Waals surface area (Å²) in [5.74, 6) is 1.32. The van der Waals surface area contributed by atoms with E-state index in [1.165, 1.54) is 0 Å².